The van der Waals surface area contributed by atoms with Gasteiger partial charge in [0.2, 0.25) is 5.95 Å². The maximum atomic E-state index is 13.6. The van der Waals surface area contributed by atoms with Crippen LogP contribution in [-0.4, -0.2) is 9.97 Å². The predicted molar refractivity (Wildman–Crippen MR) is 74.8 cm³/mol. The molecule has 0 unspecified atom stereocenters. The van der Waals surface area contributed by atoms with Crippen LogP contribution >= 0.6 is 11.6 Å². The lowest BCUT2D eigenvalue weighted by molar-refractivity contribution is 0.613. The molecular weight excluding hydrogens is 265 g/mol. The molecule has 3 aromatic rings. The minimum Gasteiger partial charge on any atom is -0.352 e. The highest BCUT2D eigenvalue weighted by atomic mass is 35.5. The van der Waals surface area contributed by atoms with E-state index >= 15 is 0 Å². The van der Waals surface area contributed by atoms with E-state index in [-0.39, 0.29) is 12.4 Å². The number of rotatable bonds is 3. The number of halogens is 2. The number of hydrogen-bond donors (Lipinski definition) is 2. The van der Waals surface area contributed by atoms with Crippen LogP contribution in [0.15, 0.2) is 42.5 Å². The summed E-state index contributed by atoms with van der Waals surface area (Å²) in [5, 5.41) is 3.45. The van der Waals surface area contributed by atoms with Crippen LogP contribution in [-0.2, 0) is 6.54 Å². The average molecular weight is 276 g/mol. The smallest absolute Gasteiger partial charge is 0.201 e. The zero-order chi connectivity index (χ0) is 13.2. The molecule has 3 rings (SSSR count). The molecule has 3 nitrogen and oxygen atoms in total. The zero-order valence-electron chi connectivity index (χ0n) is 9.95. The normalized spacial score (nSPS) is 10.8. The van der Waals surface area contributed by atoms with Gasteiger partial charge in [-0.1, -0.05) is 29.8 Å². The van der Waals surface area contributed by atoms with E-state index in [1.54, 1.807) is 12.1 Å². The van der Waals surface area contributed by atoms with Crippen LogP contribution in [0.25, 0.3) is 11.0 Å². The van der Waals surface area contributed by atoms with E-state index in [0.29, 0.717) is 16.5 Å². The number of imidazole rings is 1. The van der Waals surface area contributed by atoms with Crippen LogP contribution in [0, 0.1) is 5.82 Å². The highest BCUT2D eigenvalue weighted by Crippen LogP contribution is 2.20. The lowest BCUT2D eigenvalue weighted by Gasteiger charge is -2.06. The van der Waals surface area contributed by atoms with Crippen molar-refractivity contribution < 1.29 is 4.39 Å². The average Bonchev–Trinajstić information content (AvgIpc) is 2.81. The number of nitrogens with one attached hydrogen (secondary N) is 2. The van der Waals surface area contributed by atoms with E-state index in [2.05, 4.69) is 15.3 Å². The van der Waals surface area contributed by atoms with Gasteiger partial charge in [0.05, 0.1) is 11.0 Å². The number of aromatic nitrogens is 2. The number of benzene rings is 2. The first-order chi connectivity index (χ1) is 9.24. The molecule has 0 bridgehead atoms. The van der Waals surface area contributed by atoms with Crippen molar-refractivity contribution >= 4 is 28.6 Å². The van der Waals surface area contributed by atoms with E-state index in [4.69, 9.17) is 11.6 Å². The van der Waals surface area contributed by atoms with Gasteiger partial charge in [-0.05, 0) is 24.3 Å². The van der Waals surface area contributed by atoms with Crippen LogP contribution in [0.5, 0.6) is 0 Å². The second-order valence-corrected chi connectivity index (χ2v) is 4.56. The minimum atomic E-state index is -0.323. The van der Waals surface area contributed by atoms with Gasteiger partial charge in [-0.3, -0.25) is 0 Å². The van der Waals surface area contributed by atoms with Gasteiger partial charge in [0.25, 0.3) is 0 Å². The molecule has 1 heterocycles. The fourth-order valence-electron chi connectivity index (χ4n) is 1.91. The van der Waals surface area contributed by atoms with Gasteiger partial charge < -0.3 is 10.3 Å². The van der Waals surface area contributed by atoms with Crippen molar-refractivity contribution in [1.82, 2.24) is 9.97 Å². The molecule has 1 aromatic heterocycles. The summed E-state index contributed by atoms with van der Waals surface area (Å²) in [5.74, 6) is 0.275. The molecule has 0 atom stereocenters. The maximum absolute atomic E-state index is 13.6. The molecule has 0 spiro atoms. The van der Waals surface area contributed by atoms with E-state index in [0.717, 1.165) is 11.0 Å². The number of para-hydroxylation sites is 2. The van der Waals surface area contributed by atoms with Crippen LogP contribution in [0.2, 0.25) is 5.02 Å². The van der Waals surface area contributed by atoms with E-state index in [9.17, 15) is 4.39 Å². The first-order valence-electron chi connectivity index (χ1n) is 5.85. The van der Waals surface area contributed by atoms with Gasteiger partial charge in [0, 0.05) is 17.1 Å². The summed E-state index contributed by atoms with van der Waals surface area (Å²) >= 11 is 5.96. The molecule has 0 saturated heterocycles. The summed E-state index contributed by atoms with van der Waals surface area (Å²) in [7, 11) is 0. The second kappa shape index (κ2) is 4.90. The fraction of sp³-hybridized carbons (Fsp3) is 0.0714. The van der Waals surface area contributed by atoms with Crippen molar-refractivity contribution in [1.29, 1.82) is 0 Å². The number of anilines is 1. The van der Waals surface area contributed by atoms with Crippen molar-refractivity contribution in [2.24, 2.45) is 0 Å². The Morgan fingerprint density at radius 1 is 1.16 bits per heavy atom. The molecule has 2 N–H and O–H groups in total. The zero-order valence-corrected chi connectivity index (χ0v) is 10.7. The number of fused-ring (bicyclic) bond motifs is 1. The van der Waals surface area contributed by atoms with Gasteiger partial charge in [-0.2, -0.15) is 0 Å². The molecule has 0 aliphatic heterocycles. The SMILES string of the molecule is Fc1cccc(Cl)c1CNc1nc2ccccc2[nH]1. The molecule has 0 aliphatic carbocycles. The highest BCUT2D eigenvalue weighted by molar-refractivity contribution is 6.31. The quantitative estimate of drug-likeness (QED) is 0.759. The van der Waals surface area contributed by atoms with Crippen molar-refractivity contribution in [3.63, 3.8) is 0 Å². The Bertz CT molecular complexity index is 670. The van der Waals surface area contributed by atoms with Crippen LogP contribution < -0.4 is 5.32 Å². The number of nitrogens with zero attached hydrogens (tertiary/aromatic N) is 1. The minimum absolute atomic E-state index is 0.283. The molecule has 2 aromatic carbocycles. The monoisotopic (exact) mass is 275 g/mol. The highest BCUT2D eigenvalue weighted by Gasteiger charge is 2.07. The van der Waals surface area contributed by atoms with Gasteiger partial charge in [-0.25, -0.2) is 9.37 Å². The molecule has 0 amide bonds. The lowest BCUT2D eigenvalue weighted by atomic mass is 10.2. The van der Waals surface area contributed by atoms with E-state index < -0.39 is 0 Å². The Morgan fingerprint density at radius 3 is 2.79 bits per heavy atom. The van der Waals surface area contributed by atoms with Crippen LogP contribution in [0.4, 0.5) is 10.3 Å². The fourth-order valence-corrected chi connectivity index (χ4v) is 2.14. The molecular formula is C14H11ClFN3. The van der Waals surface area contributed by atoms with Crippen LogP contribution in [0.3, 0.4) is 0 Å². The third-order valence-corrected chi connectivity index (χ3v) is 3.24. The summed E-state index contributed by atoms with van der Waals surface area (Å²) in [4.78, 5) is 7.47. The third kappa shape index (κ3) is 2.39. The number of hydrogen-bond acceptors (Lipinski definition) is 2. The summed E-state index contributed by atoms with van der Waals surface area (Å²) in [5.41, 5.74) is 2.24. The Morgan fingerprint density at radius 2 is 2.00 bits per heavy atom. The molecule has 96 valence electrons. The van der Waals surface area contributed by atoms with Crippen LogP contribution in [0.1, 0.15) is 5.56 Å². The van der Waals surface area contributed by atoms with Gasteiger partial charge >= 0.3 is 0 Å². The van der Waals surface area contributed by atoms with Crippen molar-refractivity contribution in [3.05, 3.63) is 58.9 Å². The first kappa shape index (κ1) is 12.0. The van der Waals surface area contributed by atoms with E-state index in [1.807, 2.05) is 24.3 Å². The Labute approximate surface area is 114 Å². The second-order valence-electron chi connectivity index (χ2n) is 4.16. The lowest BCUT2D eigenvalue weighted by Crippen LogP contribution is -2.03. The molecule has 0 aliphatic rings. The Hall–Kier alpha value is -2.07. The predicted octanol–water partition coefficient (Wildman–Crippen LogP) is 3.97. The summed E-state index contributed by atoms with van der Waals surface area (Å²) in [6.45, 7) is 0.283. The van der Waals surface area contributed by atoms with Crippen molar-refractivity contribution in [2.75, 3.05) is 5.32 Å². The Balaban J connectivity index is 1.82. The Kier molecular flexibility index (Phi) is 3.09. The molecule has 0 fully saturated rings. The van der Waals surface area contributed by atoms with E-state index in [1.165, 1.54) is 6.07 Å². The molecule has 5 heteroatoms. The largest absolute Gasteiger partial charge is 0.352 e. The number of aromatic amines is 1. The topological polar surface area (TPSA) is 40.7 Å². The van der Waals surface area contributed by atoms with Gasteiger partial charge in [0.15, 0.2) is 0 Å². The third-order valence-electron chi connectivity index (χ3n) is 2.88. The number of H-pyrrole nitrogens is 1. The van der Waals surface area contributed by atoms with Crippen molar-refractivity contribution in [2.45, 2.75) is 6.54 Å². The van der Waals surface area contributed by atoms with Gasteiger partial charge in [-0.15, -0.1) is 0 Å². The summed E-state index contributed by atoms with van der Waals surface area (Å²) < 4.78 is 13.6. The summed E-state index contributed by atoms with van der Waals surface area (Å²) in [6.07, 6.45) is 0. The molecule has 0 radical (unpaired) electrons. The standard InChI is InChI=1S/C14H11ClFN3/c15-10-4-3-5-11(16)9(10)8-17-14-18-12-6-1-2-7-13(12)19-14/h1-7H,8H2,(H2,17,18,19). The molecule has 19 heavy (non-hydrogen) atoms. The first-order valence-corrected chi connectivity index (χ1v) is 6.23. The van der Waals surface area contributed by atoms with Gasteiger partial charge in [0.1, 0.15) is 5.82 Å². The summed E-state index contributed by atoms with van der Waals surface area (Å²) in [6, 6.07) is 12.3. The molecule has 0 saturated carbocycles. The van der Waals surface area contributed by atoms with Crippen molar-refractivity contribution in [3.8, 4) is 0 Å². The maximum Gasteiger partial charge on any atom is 0.201 e.